The number of hydrogen-bond donors (Lipinski definition) is 1. The lowest BCUT2D eigenvalue weighted by Gasteiger charge is -2.13. The highest BCUT2D eigenvalue weighted by Crippen LogP contribution is 2.20. The number of allylic oxidation sites excluding steroid dienone is 1. The number of ether oxygens (including phenoxy) is 1. The number of nitrogens with one attached hydrogen (secondary N) is 1. The van der Waals surface area contributed by atoms with Gasteiger partial charge in [0.25, 0.3) is 0 Å². The average Bonchev–Trinajstić information content (AvgIpc) is 3.06. The van der Waals surface area contributed by atoms with Crippen molar-refractivity contribution >= 4 is 35.2 Å². The molecule has 0 spiro atoms. The topological polar surface area (TPSA) is 75.7 Å². The third kappa shape index (κ3) is 4.16. The normalized spacial score (nSPS) is 13.7. The number of cyclic esters (lactones) is 1. The van der Waals surface area contributed by atoms with Crippen LogP contribution in [0.5, 0.6) is 0 Å². The Morgan fingerprint density at radius 1 is 1.15 bits per heavy atom. The van der Waals surface area contributed by atoms with Crippen molar-refractivity contribution in [3.63, 3.8) is 0 Å². The van der Waals surface area contributed by atoms with E-state index < -0.39 is 6.09 Å². The molecular weight excluding hydrogens is 332 g/mol. The van der Waals surface area contributed by atoms with E-state index in [0.29, 0.717) is 30.1 Å². The number of carbonyl (C=O) groups is 3. The maximum absolute atomic E-state index is 12.4. The standard InChI is InChI=1S/C20H18N2O4/c1-14(23)21-17-8-5-15(6-9-17)7-10-19(24)16-3-2-4-18(13-16)22-11-12-26-20(22)25/h2-10,13H,11-12H2,1H3,(H,21,23). The van der Waals surface area contributed by atoms with Crippen LogP contribution in [0.2, 0.25) is 0 Å². The van der Waals surface area contributed by atoms with Crippen LogP contribution in [0.25, 0.3) is 6.08 Å². The predicted octanol–water partition coefficient (Wildman–Crippen LogP) is 3.50. The molecule has 3 rings (SSSR count). The number of ketones is 1. The summed E-state index contributed by atoms with van der Waals surface area (Å²) in [6, 6.07) is 14.1. The van der Waals surface area contributed by atoms with Gasteiger partial charge < -0.3 is 10.1 Å². The number of nitrogens with zero attached hydrogens (tertiary/aromatic N) is 1. The van der Waals surface area contributed by atoms with Gasteiger partial charge in [0.2, 0.25) is 5.91 Å². The molecule has 0 aromatic heterocycles. The molecule has 0 radical (unpaired) electrons. The zero-order valence-electron chi connectivity index (χ0n) is 14.3. The third-order valence-corrected chi connectivity index (χ3v) is 3.86. The molecule has 26 heavy (non-hydrogen) atoms. The second-order valence-corrected chi connectivity index (χ2v) is 5.82. The molecule has 0 saturated carbocycles. The van der Waals surface area contributed by atoms with Gasteiger partial charge in [0, 0.05) is 23.9 Å². The zero-order valence-corrected chi connectivity index (χ0v) is 14.3. The van der Waals surface area contributed by atoms with Gasteiger partial charge in [-0.05, 0) is 35.9 Å². The molecule has 0 atom stereocenters. The minimum atomic E-state index is -0.399. The molecule has 6 nitrogen and oxygen atoms in total. The SMILES string of the molecule is CC(=O)Nc1ccc(C=CC(=O)c2cccc(N3CCOC3=O)c2)cc1. The summed E-state index contributed by atoms with van der Waals surface area (Å²) in [6.45, 7) is 2.28. The minimum absolute atomic E-state index is 0.134. The van der Waals surface area contributed by atoms with Gasteiger partial charge in [-0.2, -0.15) is 0 Å². The number of benzene rings is 2. The lowest BCUT2D eigenvalue weighted by atomic mass is 10.1. The highest BCUT2D eigenvalue weighted by molar-refractivity contribution is 6.07. The molecule has 2 aromatic rings. The van der Waals surface area contributed by atoms with Gasteiger partial charge in [-0.15, -0.1) is 0 Å². The molecule has 0 aliphatic carbocycles. The van der Waals surface area contributed by atoms with E-state index in [1.807, 2.05) is 12.1 Å². The molecule has 132 valence electrons. The van der Waals surface area contributed by atoms with Crippen molar-refractivity contribution in [3.8, 4) is 0 Å². The van der Waals surface area contributed by atoms with Crippen molar-refractivity contribution in [3.05, 3.63) is 65.7 Å². The first-order valence-corrected chi connectivity index (χ1v) is 8.17. The lowest BCUT2D eigenvalue weighted by molar-refractivity contribution is -0.114. The van der Waals surface area contributed by atoms with Crippen molar-refractivity contribution in [2.45, 2.75) is 6.92 Å². The first kappa shape index (κ1) is 17.4. The molecule has 1 aliphatic rings. The van der Waals surface area contributed by atoms with Gasteiger partial charge in [0.1, 0.15) is 6.61 Å². The van der Waals surface area contributed by atoms with Crippen LogP contribution in [0.3, 0.4) is 0 Å². The first-order valence-electron chi connectivity index (χ1n) is 8.17. The van der Waals surface area contributed by atoms with Gasteiger partial charge in [-0.3, -0.25) is 14.5 Å². The predicted molar refractivity (Wildman–Crippen MR) is 99.2 cm³/mol. The van der Waals surface area contributed by atoms with E-state index in [2.05, 4.69) is 5.32 Å². The molecule has 0 bridgehead atoms. The molecule has 1 saturated heterocycles. The Kier molecular flexibility index (Phi) is 5.12. The maximum atomic E-state index is 12.4. The van der Waals surface area contributed by atoms with Gasteiger partial charge in [-0.1, -0.05) is 30.3 Å². The fourth-order valence-corrected chi connectivity index (χ4v) is 2.60. The highest BCUT2D eigenvalue weighted by atomic mass is 16.6. The van der Waals surface area contributed by atoms with Crippen LogP contribution in [-0.2, 0) is 9.53 Å². The van der Waals surface area contributed by atoms with E-state index in [1.54, 1.807) is 42.5 Å². The van der Waals surface area contributed by atoms with E-state index in [0.717, 1.165) is 5.56 Å². The highest BCUT2D eigenvalue weighted by Gasteiger charge is 2.23. The fraction of sp³-hybridized carbons (Fsp3) is 0.150. The molecule has 1 fully saturated rings. The maximum Gasteiger partial charge on any atom is 0.414 e. The second kappa shape index (κ2) is 7.65. The summed E-state index contributed by atoms with van der Waals surface area (Å²) >= 11 is 0. The van der Waals surface area contributed by atoms with Crippen LogP contribution in [-0.4, -0.2) is 30.9 Å². The van der Waals surface area contributed by atoms with Crippen LogP contribution in [0.15, 0.2) is 54.6 Å². The van der Waals surface area contributed by atoms with Crippen molar-refractivity contribution in [2.24, 2.45) is 0 Å². The lowest BCUT2D eigenvalue weighted by Crippen LogP contribution is -2.23. The number of amides is 2. The minimum Gasteiger partial charge on any atom is -0.447 e. The quantitative estimate of drug-likeness (QED) is 0.661. The Morgan fingerprint density at radius 2 is 1.92 bits per heavy atom. The van der Waals surface area contributed by atoms with Gasteiger partial charge in [-0.25, -0.2) is 4.79 Å². The van der Waals surface area contributed by atoms with Crippen molar-refractivity contribution in [2.75, 3.05) is 23.4 Å². The Balaban J connectivity index is 1.70. The summed E-state index contributed by atoms with van der Waals surface area (Å²) < 4.78 is 4.92. The molecule has 2 amide bonds. The fourth-order valence-electron chi connectivity index (χ4n) is 2.60. The average molecular weight is 350 g/mol. The Bertz CT molecular complexity index is 872. The van der Waals surface area contributed by atoms with Crippen LogP contribution in [0.4, 0.5) is 16.2 Å². The van der Waals surface area contributed by atoms with Gasteiger partial charge in [0.15, 0.2) is 5.78 Å². The number of rotatable bonds is 5. The molecule has 2 aromatic carbocycles. The molecular formula is C20H18N2O4. The summed E-state index contributed by atoms with van der Waals surface area (Å²) in [7, 11) is 0. The summed E-state index contributed by atoms with van der Waals surface area (Å²) in [6.07, 6.45) is 2.79. The zero-order chi connectivity index (χ0) is 18.5. The largest absolute Gasteiger partial charge is 0.447 e. The Labute approximate surface area is 151 Å². The third-order valence-electron chi connectivity index (χ3n) is 3.86. The molecule has 1 heterocycles. The van der Waals surface area contributed by atoms with Gasteiger partial charge >= 0.3 is 6.09 Å². The van der Waals surface area contributed by atoms with E-state index in [4.69, 9.17) is 4.74 Å². The van der Waals surface area contributed by atoms with Crippen LogP contribution >= 0.6 is 0 Å². The van der Waals surface area contributed by atoms with E-state index in [9.17, 15) is 14.4 Å². The number of carbonyl (C=O) groups excluding carboxylic acids is 3. The van der Waals surface area contributed by atoms with E-state index in [-0.39, 0.29) is 11.7 Å². The summed E-state index contributed by atoms with van der Waals surface area (Å²) in [5.74, 6) is -0.296. The number of anilines is 2. The monoisotopic (exact) mass is 350 g/mol. The van der Waals surface area contributed by atoms with Crippen molar-refractivity contribution in [1.29, 1.82) is 0 Å². The summed E-state index contributed by atoms with van der Waals surface area (Å²) in [4.78, 5) is 36.6. The van der Waals surface area contributed by atoms with E-state index in [1.165, 1.54) is 17.9 Å². The summed E-state index contributed by atoms with van der Waals surface area (Å²) in [5, 5.41) is 2.69. The molecule has 1 N–H and O–H groups in total. The Hall–Kier alpha value is -3.41. The summed E-state index contributed by atoms with van der Waals surface area (Å²) in [5.41, 5.74) is 2.68. The second-order valence-electron chi connectivity index (χ2n) is 5.82. The van der Waals surface area contributed by atoms with E-state index >= 15 is 0 Å². The molecule has 0 unspecified atom stereocenters. The first-order chi connectivity index (χ1) is 12.5. The van der Waals surface area contributed by atoms with Crippen LogP contribution in [0, 0.1) is 0 Å². The van der Waals surface area contributed by atoms with Crippen molar-refractivity contribution in [1.82, 2.24) is 0 Å². The molecule has 6 heteroatoms. The van der Waals surface area contributed by atoms with Crippen molar-refractivity contribution < 1.29 is 19.1 Å². The number of hydrogen-bond acceptors (Lipinski definition) is 4. The Morgan fingerprint density at radius 3 is 2.58 bits per heavy atom. The smallest absolute Gasteiger partial charge is 0.414 e. The van der Waals surface area contributed by atoms with Crippen LogP contribution in [0.1, 0.15) is 22.8 Å². The van der Waals surface area contributed by atoms with Crippen LogP contribution < -0.4 is 10.2 Å². The van der Waals surface area contributed by atoms with Gasteiger partial charge in [0.05, 0.1) is 6.54 Å². The molecule has 1 aliphatic heterocycles.